The van der Waals surface area contributed by atoms with E-state index in [9.17, 15) is 18.0 Å². The molecule has 1 aliphatic carbocycles. The average Bonchev–Trinajstić information content (AvgIpc) is 2.72. The molecular formula is C21H29N3O4S. The minimum Gasteiger partial charge on any atom is -0.342 e. The number of fused-ring (bicyclic) bond motifs is 1. The second-order valence-electron chi connectivity index (χ2n) is 8.52. The van der Waals surface area contributed by atoms with Crippen LogP contribution in [0.3, 0.4) is 0 Å². The Kier molecular flexibility index (Phi) is 5.66. The maximum absolute atomic E-state index is 13.0. The second-order valence-corrected chi connectivity index (χ2v) is 10.5. The molecule has 29 heavy (non-hydrogen) atoms. The number of hydrogen-bond acceptors (Lipinski definition) is 4. The van der Waals surface area contributed by atoms with Crippen LogP contribution in [-0.2, 0) is 19.6 Å². The van der Waals surface area contributed by atoms with Gasteiger partial charge in [0.25, 0.3) is 0 Å². The molecule has 1 N–H and O–H groups in total. The Bertz CT molecular complexity index is 878. The highest BCUT2D eigenvalue weighted by Crippen LogP contribution is 2.30. The lowest BCUT2D eigenvalue weighted by Gasteiger charge is -2.45. The summed E-state index contributed by atoms with van der Waals surface area (Å²) in [6, 6.07) is 5.47. The molecule has 3 fully saturated rings. The van der Waals surface area contributed by atoms with Crippen LogP contribution in [0.4, 0.5) is 0 Å². The first kappa shape index (κ1) is 20.3. The van der Waals surface area contributed by atoms with Crippen molar-refractivity contribution >= 4 is 21.8 Å². The summed E-state index contributed by atoms with van der Waals surface area (Å²) in [4.78, 5) is 27.5. The Morgan fingerprint density at radius 3 is 2.41 bits per heavy atom. The van der Waals surface area contributed by atoms with Crippen LogP contribution in [0.25, 0.3) is 0 Å². The fourth-order valence-corrected chi connectivity index (χ4v) is 6.21. The summed E-state index contributed by atoms with van der Waals surface area (Å²) < 4.78 is 27.3. The summed E-state index contributed by atoms with van der Waals surface area (Å²) in [5, 5.41) is 2.88. The number of sulfonamides is 1. The summed E-state index contributed by atoms with van der Waals surface area (Å²) >= 11 is 0. The number of benzene rings is 1. The predicted octanol–water partition coefficient (Wildman–Crippen LogP) is 1.67. The fraction of sp³-hybridized carbons (Fsp3) is 0.619. The van der Waals surface area contributed by atoms with E-state index < -0.39 is 22.1 Å². The van der Waals surface area contributed by atoms with Gasteiger partial charge in [-0.1, -0.05) is 49.8 Å². The molecule has 1 aromatic rings. The zero-order valence-corrected chi connectivity index (χ0v) is 17.7. The van der Waals surface area contributed by atoms with Crippen molar-refractivity contribution in [1.82, 2.24) is 14.5 Å². The topological polar surface area (TPSA) is 86.8 Å². The molecule has 0 unspecified atom stereocenters. The molecule has 2 amide bonds. The lowest BCUT2D eigenvalue weighted by atomic mass is 9.84. The second kappa shape index (κ2) is 8.07. The Morgan fingerprint density at radius 2 is 1.72 bits per heavy atom. The summed E-state index contributed by atoms with van der Waals surface area (Å²) in [5.41, 5.74) is 0.982. The molecule has 2 aliphatic heterocycles. The summed E-state index contributed by atoms with van der Waals surface area (Å²) in [6.07, 6.45) is 6.56. The average molecular weight is 420 g/mol. The molecule has 4 rings (SSSR count). The van der Waals surface area contributed by atoms with Gasteiger partial charge in [0.05, 0.1) is 4.90 Å². The number of carbonyl (C=O) groups excluding carboxylic acids is 2. The van der Waals surface area contributed by atoms with Crippen molar-refractivity contribution in [2.75, 3.05) is 19.6 Å². The zero-order chi connectivity index (χ0) is 20.6. The molecule has 0 spiro atoms. The third-order valence-electron chi connectivity index (χ3n) is 6.50. The van der Waals surface area contributed by atoms with Crippen LogP contribution in [0.15, 0.2) is 29.2 Å². The molecule has 0 bridgehead atoms. The lowest BCUT2D eigenvalue weighted by molar-refractivity contribution is -0.152. The number of amides is 2. The van der Waals surface area contributed by atoms with E-state index in [1.807, 2.05) is 6.92 Å². The van der Waals surface area contributed by atoms with E-state index in [0.717, 1.165) is 18.4 Å². The number of aryl methyl sites for hydroxylation is 1. The van der Waals surface area contributed by atoms with Gasteiger partial charge in [0.2, 0.25) is 21.8 Å². The first-order valence-corrected chi connectivity index (χ1v) is 12.0. The van der Waals surface area contributed by atoms with Crippen LogP contribution in [-0.4, -0.2) is 61.2 Å². The van der Waals surface area contributed by atoms with Crippen molar-refractivity contribution in [2.45, 2.75) is 62.4 Å². The summed E-state index contributed by atoms with van der Waals surface area (Å²) in [7, 11) is -3.69. The van der Waals surface area contributed by atoms with E-state index in [2.05, 4.69) is 5.32 Å². The van der Waals surface area contributed by atoms with Crippen LogP contribution in [0.1, 0.15) is 44.1 Å². The largest absolute Gasteiger partial charge is 0.342 e. The summed E-state index contributed by atoms with van der Waals surface area (Å²) in [6.45, 7) is 2.37. The molecule has 2 atom stereocenters. The van der Waals surface area contributed by atoms with Crippen molar-refractivity contribution in [1.29, 1.82) is 0 Å². The lowest BCUT2D eigenvalue weighted by Crippen LogP contribution is -2.69. The molecule has 2 saturated heterocycles. The normalized spacial score (nSPS) is 26.9. The van der Waals surface area contributed by atoms with Crippen molar-refractivity contribution in [3.8, 4) is 0 Å². The Balaban J connectivity index is 1.46. The number of nitrogens with one attached hydrogen (secondary N) is 1. The van der Waals surface area contributed by atoms with Crippen molar-refractivity contribution in [3.05, 3.63) is 29.8 Å². The molecule has 3 aliphatic rings. The van der Waals surface area contributed by atoms with Gasteiger partial charge >= 0.3 is 0 Å². The highest BCUT2D eigenvalue weighted by molar-refractivity contribution is 7.89. The van der Waals surface area contributed by atoms with Crippen LogP contribution < -0.4 is 5.32 Å². The maximum atomic E-state index is 13.0. The highest BCUT2D eigenvalue weighted by atomic mass is 32.2. The van der Waals surface area contributed by atoms with Gasteiger partial charge in [-0.05, 0) is 31.4 Å². The van der Waals surface area contributed by atoms with E-state index in [4.69, 9.17) is 0 Å². The van der Waals surface area contributed by atoms with Gasteiger partial charge in [0, 0.05) is 19.6 Å². The number of hydrogen-bond donors (Lipinski definition) is 1. The molecule has 1 saturated carbocycles. The first-order valence-electron chi connectivity index (χ1n) is 10.5. The van der Waals surface area contributed by atoms with E-state index in [0.29, 0.717) is 12.3 Å². The van der Waals surface area contributed by atoms with E-state index in [-0.39, 0.29) is 36.3 Å². The van der Waals surface area contributed by atoms with Crippen LogP contribution >= 0.6 is 0 Å². The van der Waals surface area contributed by atoms with E-state index in [1.54, 1.807) is 29.2 Å². The summed E-state index contributed by atoms with van der Waals surface area (Å²) in [5.74, 6) is 0.180. The molecule has 8 heteroatoms. The van der Waals surface area contributed by atoms with Crippen molar-refractivity contribution in [3.63, 3.8) is 0 Å². The van der Waals surface area contributed by atoms with Crippen LogP contribution in [0, 0.1) is 12.8 Å². The SMILES string of the molecule is Cc1ccc(S(=O)(=O)N2CCN3C(=O)[C@H](CC4CCCCC4)NC(=O)[C@H]3C2)cc1. The van der Waals surface area contributed by atoms with Crippen LogP contribution in [0.2, 0.25) is 0 Å². The van der Waals surface area contributed by atoms with Gasteiger partial charge in [0.1, 0.15) is 12.1 Å². The Hall–Kier alpha value is -1.93. The number of piperazine rings is 2. The van der Waals surface area contributed by atoms with Gasteiger partial charge in [0.15, 0.2) is 0 Å². The first-order chi connectivity index (χ1) is 13.9. The molecule has 7 nitrogen and oxygen atoms in total. The maximum Gasteiger partial charge on any atom is 0.245 e. The van der Waals surface area contributed by atoms with Crippen LogP contribution in [0.5, 0.6) is 0 Å². The third-order valence-corrected chi connectivity index (χ3v) is 8.38. The minimum absolute atomic E-state index is 0.00390. The molecule has 1 aromatic carbocycles. The van der Waals surface area contributed by atoms with Crippen molar-refractivity contribution in [2.24, 2.45) is 5.92 Å². The van der Waals surface area contributed by atoms with Gasteiger partial charge in [-0.2, -0.15) is 4.31 Å². The number of rotatable bonds is 4. The van der Waals surface area contributed by atoms with Crippen molar-refractivity contribution < 1.29 is 18.0 Å². The Morgan fingerprint density at radius 1 is 1.03 bits per heavy atom. The fourth-order valence-electron chi connectivity index (χ4n) is 4.77. The smallest absolute Gasteiger partial charge is 0.245 e. The zero-order valence-electron chi connectivity index (χ0n) is 16.8. The number of nitrogens with zero attached hydrogens (tertiary/aromatic N) is 2. The van der Waals surface area contributed by atoms with E-state index >= 15 is 0 Å². The monoisotopic (exact) mass is 419 g/mol. The Labute approximate surface area is 172 Å². The highest BCUT2D eigenvalue weighted by Gasteiger charge is 2.46. The third kappa shape index (κ3) is 4.05. The molecule has 158 valence electrons. The van der Waals surface area contributed by atoms with Gasteiger partial charge in [-0.15, -0.1) is 0 Å². The van der Waals surface area contributed by atoms with E-state index in [1.165, 1.54) is 23.6 Å². The quantitative estimate of drug-likeness (QED) is 0.804. The van der Waals surface area contributed by atoms with Gasteiger partial charge in [-0.25, -0.2) is 8.42 Å². The molecule has 0 radical (unpaired) electrons. The molecule has 0 aromatic heterocycles. The number of carbonyl (C=O) groups is 2. The van der Waals surface area contributed by atoms with Gasteiger partial charge < -0.3 is 10.2 Å². The predicted molar refractivity (Wildman–Crippen MR) is 109 cm³/mol. The standard InChI is InChI=1S/C21H29N3O4S/c1-15-7-9-17(10-8-15)29(27,28)23-11-12-24-19(14-23)20(25)22-18(21(24)26)13-16-5-3-2-4-6-16/h7-10,16,18-19H,2-6,11-14H2,1H3,(H,22,25)/t18-,19+/m0/s1. The minimum atomic E-state index is -3.69. The molecular weight excluding hydrogens is 390 g/mol. The molecule has 2 heterocycles. The van der Waals surface area contributed by atoms with Gasteiger partial charge in [-0.3, -0.25) is 9.59 Å².